The molecule has 0 radical (unpaired) electrons. The summed E-state index contributed by atoms with van der Waals surface area (Å²) in [5.74, 6) is -0.662. The predicted molar refractivity (Wildman–Crippen MR) is 299 cm³/mol. The van der Waals surface area contributed by atoms with E-state index < -0.39 is 153 Å². The molecule has 1 saturated carbocycles. The Morgan fingerprint density at radius 3 is 1.49 bits per heavy atom. The number of aliphatic hydroxyl groups is 5. The van der Waals surface area contributed by atoms with Crippen LogP contribution in [0.15, 0.2) is 152 Å². The van der Waals surface area contributed by atoms with Crippen molar-refractivity contribution in [1.82, 2.24) is 16.0 Å². The molecule has 5 aromatic carbocycles. The lowest BCUT2D eigenvalue weighted by atomic mass is 9.80. The van der Waals surface area contributed by atoms with Crippen LogP contribution in [0.4, 0.5) is 14.4 Å². The molecule has 5 heterocycles. The molecule has 8 N–H and O–H groups in total. The minimum Gasteiger partial charge on any atom is -0.445 e. The lowest BCUT2D eigenvalue weighted by Gasteiger charge is -2.50. The van der Waals surface area contributed by atoms with Crippen molar-refractivity contribution in [3.63, 3.8) is 0 Å². The molecular formula is C63H73N3O20. The first-order valence-corrected chi connectivity index (χ1v) is 29.1. The third kappa shape index (κ3) is 14.5. The number of hydrogen-bond donors (Lipinski definition) is 8. The summed E-state index contributed by atoms with van der Waals surface area (Å²) in [5, 5.41) is 68.4. The molecular weight excluding hydrogens is 1120 g/mol. The van der Waals surface area contributed by atoms with E-state index >= 15 is 0 Å². The van der Waals surface area contributed by atoms with Crippen LogP contribution in [0.1, 0.15) is 66.4 Å². The van der Waals surface area contributed by atoms with Crippen LogP contribution >= 0.6 is 0 Å². The SMILES string of the molecule is C[C@H]1C[C@@H](NC(=O)OCc2ccccc2)[C@H](O)[C@@H](O[C@@H]2O[C@H](CO)[C@@H](O[C@H]3O[C@H]4CCC(c5ccccc5)O[C@H]4[C@H](O)[C@H]3NC(=O)OCc3ccccc3)[C@H]2O)[C@@H]1O[C@H]1O[C@@H]2COC(c3ccccc3)O[C@H]2[C@H](O)[C@H]1NC(=O)OCc1ccccc1. The van der Waals surface area contributed by atoms with Crippen molar-refractivity contribution in [2.75, 3.05) is 13.2 Å². The van der Waals surface area contributed by atoms with E-state index in [1.165, 1.54) is 0 Å². The lowest BCUT2D eigenvalue weighted by molar-refractivity contribution is -0.360. The van der Waals surface area contributed by atoms with E-state index in [1.54, 1.807) is 79.7 Å². The molecule has 5 saturated heterocycles. The molecule has 0 spiro atoms. The topological polar surface area (TPSA) is 299 Å². The van der Waals surface area contributed by atoms with Crippen molar-refractivity contribution in [3.8, 4) is 0 Å². The highest BCUT2D eigenvalue weighted by atomic mass is 16.8. The van der Waals surface area contributed by atoms with Gasteiger partial charge in [0.15, 0.2) is 25.2 Å². The van der Waals surface area contributed by atoms with Gasteiger partial charge in [0.05, 0.1) is 37.6 Å². The summed E-state index contributed by atoms with van der Waals surface area (Å²) in [6.07, 6.45) is -23.5. The van der Waals surface area contributed by atoms with E-state index in [0.29, 0.717) is 35.1 Å². The van der Waals surface area contributed by atoms with Gasteiger partial charge >= 0.3 is 18.3 Å². The normalized spacial score (nSPS) is 35.0. The van der Waals surface area contributed by atoms with Crippen LogP contribution in [0.5, 0.6) is 0 Å². The maximum absolute atomic E-state index is 13.7. The van der Waals surface area contributed by atoms with Crippen LogP contribution in [-0.4, -0.2) is 167 Å². The molecule has 2 unspecified atom stereocenters. The number of fused-ring (bicyclic) bond motifs is 2. The zero-order valence-electron chi connectivity index (χ0n) is 47.1. The average Bonchev–Trinajstić information content (AvgIpc) is 1.42. The molecule has 0 bridgehead atoms. The van der Waals surface area contributed by atoms with Gasteiger partial charge in [-0.1, -0.05) is 159 Å². The number of rotatable bonds is 18. The van der Waals surface area contributed by atoms with Gasteiger partial charge < -0.3 is 98.3 Å². The third-order valence-electron chi connectivity index (χ3n) is 16.4. The largest absolute Gasteiger partial charge is 0.445 e. The summed E-state index contributed by atoms with van der Waals surface area (Å²) < 4.78 is 74.9. The number of carbonyl (C=O) groups excluding carboxylic acids is 3. The Morgan fingerprint density at radius 2 is 0.953 bits per heavy atom. The summed E-state index contributed by atoms with van der Waals surface area (Å²) in [4.78, 5) is 40.8. The second kappa shape index (κ2) is 28.5. The lowest BCUT2D eigenvalue weighted by Crippen LogP contribution is -2.69. The van der Waals surface area contributed by atoms with Crippen LogP contribution in [0.3, 0.4) is 0 Å². The van der Waals surface area contributed by atoms with E-state index in [4.69, 9.17) is 56.8 Å². The summed E-state index contributed by atoms with van der Waals surface area (Å²) in [6.45, 7) is 0.640. The van der Waals surface area contributed by atoms with Gasteiger partial charge in [0.2, 0.25) is 0 Å². The molecule has 86 heavy (non-hydrogen) atoms. The van der Waals surface area contributed by atoms with Crippen molar-refractivity contribution >= 4 is 18.3 Å². The Hall–Kier alpha value is -6.65. The minimum absolute atomic E-state index is 0.0518. The van der Waals surface area contributed by atoms with Gasteiger partial charge in [-0.25, -0.2) is 14.4 Å². The van der Waals surface area contributed by atoms with Gasteiger partial charge in [-0.3, -0.25) is 0 Å². The Bertz CT molecular complexity index is 2950. The number of benzene rings is 5. The van der Waals surface area contributed by atoms with Crippen LogP contribution < -0.4 is 16.0 Å². The number of nitrogens with one attached hydrogen (secondary N) is 3. The highest BCUT2D eigenvalue weighted by Gasteiger charge is 2.57. The van der Waals surface area contributed by atoms with Gasteiger partial charge in [0, 0.05) is 5.56 Å². The van der Waals surface area contributed by atoms with E-state index in [0.717, 1.165) is 5.56 Å². The fourth-order valence-corrected chi connectivity index (χ4v) is 12.0. The number of ether oxygens (including phenoxy) is 12. The Morgan fingerprint density at radius 1 is 0.488 bits per heavy atom. The van der Waals surface area contributed by atoms with E-state index in [2.05, 4.69) is 16.0 Å². The van der Waals surface area contributed by atoms with Crippen molar-refractivity contribution in [3.05, 3.63) is 179 Å². The van der Waals surface area contributed by atoms with Gasteiger partial charge in [0.25, 0.3) is 0 Å². The highest BCUT2D eigenvalue weighted by Crippen LogP contribution is 2.42. The smallest absolute Gasteiger partial charge is 0.407 e. The Balaban J connectivity index is 0.846. The van der Waals surface area contributed by atoms with Gasteiger partial charge in [-0.15, -0.1) is 0 Å². The molecule has 11 rings (SSSR count). The maximum atomic E-state index is 13.7. The van der Waals surface area contributed by atoms with E-state index in [-0.39, 0.29) is 32.8 Å². The molecule has 6 aliphatic rings. The fourth-order valence-electron chi connectivity index (χ4n) is 12.0. The predicted octanol–water partition coefficient (Wildman–Crippen LogP) is 4.71. The quantitative estimate of drug-likeness (QED) is 0.0551. The number of carbonyl (C=O) groups is 3. The third-order valence-corrected chi connectivity index (χ3v) is 16.4. The van der Waals surface area contributed by atoms with Crippen LogP contribution in [-0.2, 0) is 76.7 Å². The molecule has 460 valence electrons. The summed E-state index contributed by atoms with van der Waals surface area (Å²) >= 11 is 0. The molecule has 3 amide bonds. The zero-order valence-corrected chi connectivity index (χ0v) is 47.1. The first-order chi connectivity index (χ1) is 41.9. The number of hydrogen-bond acceptors (Lipinski definition) is 20. The van der Waals surface area contributed by atoms with Crippen LogP contribution in [0, 0.1) is 5.92 Å². The molecule has 23 heteroatoms. The van der Waals surface area contributed by atoms with Crippen molar-refractivity contribution in [2.24, 2.45) is 5.92 Å². The van der Waals surface area contributed by atoms with Crippen molar-refractivity contribution in [2.45, 2.75) is 169 Å². The fraction of sp³-hybridized carbons (Fsp3) is 0.476. The van der Waals surface area contributed by atoms with Crippen LogP contribution in [0.25, 0.3) is 0 Å². The molecule has 6 fully saturated rings. The van der Waals surface area contributed by atoms with Crippen molar-refractivity contribution in [1.29, 1.82) is 0 Å². The second-order valence-electron chi connectivity index (χ2n) is 22.3. The van der Waals surface area contributed by atoms with E-state index in [1.807, 2.05) is 78.9 Å². The standard InChI is InChI=1S/C63H73N3O20/c1-35-29-41(64-61(72)76-31-36-17-7-2-8-18-36)48(68)56(52(35)83-59-47(66-63(74)78-33-38-21-11-4-12-22-38)50(70)55-45(82-59)34-75-57(84-55)40-25-15-6-16-26-40)86-60-51(71)54(44(30-67)81-60)85-58-46(65-62(73)77-32-37-19-9-3-10-20-37)49(69)53-43(80-58)28-27-42(79-53)39-23-13-5-14-24-39/h2-26,35,41-60,67-71H,27-34H2,1H3,(H,64,72)(H,65,73)(H,66,74)/t35-,41+,42?,43-,44+,45+,46+,47+,48-,49+,50+,51+,52+,53+,54+,55+,56+,57?,58+,59+,60-/m0/s1. The Labute approximate surface area is 496 Å². The van der Waals surface area contributed by atoms with Gasteiger partial charge in [-0.2, -0.15) is 0 Å². The first-order valence-electron chi connectivity index (χ1n) is 29.1. The van der Waals surface area contributed by atoms with Crippen molar-refractivity contribution < 1.29 is 96.8 Å². The molecule has 1 aliphatic carbocycles. The highest BCUT2D eigenvalue weighted by molar-refractivity contribution is 5.68. The number of aliphatic hydroxyl groups excluding tert-OH is 5. The summed E-state index contributed by atoms with van der Waals surface area (Å²) in [6, 6.07) is 41.7. The van der Waals surface area contributed by atoms with Gasteiger partial charge in [-0.05, 0) is 47.4 Å². The Kier molecular flexibility index (Phi) is 20.2. The average molecular weight is 1190 g/mol. The minimum atomic E-state index is -1.79. The van der Waals surface area contributed by atoms with Crippen LogP contribution in [0.2, 0.25) is 0 Å². The second-order valence-corrected chi connectivity index (χ2v) is 22.3. The molecule has 23 nitrogen and oxygen atoms in total. The van der Waals surface area contributed by atoms with E-state index in [9.17, 15) is 39.9 Å². The number of alkyl carbamates (subject to hydrolysis) is 3. The molecule has 5 aliphatic heterocycles. The molecule has 5 aromatic rings. The maximum Gasteiger partial charge on any atom is 0.407 e. The molecule has 0 aromatic heterocycles. The van der Waals surface area contributed by atoms with Gasteiger partial charge in [0.1, 0.15) is 92.9 Å². The summed E-state index contributed by atoms with van der Waals surface area (Å²) in [7, 11) is 0. The first kappa shape index (κ1) is 61.0. The monoisotopic (exact) mass is 1190 g/mol. The molecule has 21 atom stereocenters. The number of amides is 3. The summed E-state index contributed by atoms with van der Waals surface area (Å²) in [5.41, 5.74) is 3.68. The zero-order chi connectivity index (χ0) is 59.7.